The van der Waals surface area contributed by atoms with Crippen LogP contribution in [-0.4, -0.2) is 71.5 Å². The fraction of sp³-hybridized carbons (Fsp3) is 0.300. The molecule has 2 aromatic carbocycles. The summed E-state index contributed by atoms with van der Waals surface area (Å²) in [5, 5.41) is 0. The standard InChI is InChI=1S/C20H26N2O10P2/c23-33(24,25)31-11-9-21-15-17-5-1-3-7-19(17)29-13-14-30-20-8-4-2-6-18(20)16-22-10-12-32-34(26,27)28/h1-8,15-16H,9-14H2,(H2,23,24,25)(H2,26,27,28). The minimum Gasteiger partial charge on any atom is -0.489 e. The molecular weight excluding hydrogens is 490 g/mol. The fourth-order valence-electron chi connectivity index (χ4n) is 2.49. The van der Waals surface area contributed by atoms with E-state index in [2.05, 4.69) is 19.0 Å². The molecule has 34 heavy (non-hydrogen) atoms. The molecule has 0 fully saturated rings. The molecule has 0 unspecified atom stereocenters. The molecule has 0 saturated heterocycles. The van der Waals surface area contributed by atoms with Crippen molar-refractivity contribution in [3.05, 3.63) is 59.7 Å². The number of hydrogen-bond donors (Lipinski definition) is 4. The number of hydrogen-bond acceptors (Lipinski definition) is 8. The maximum Gasteiger partial charge on any atom is 0.469 e. The van der Waals surface area contributed by atoms with Crippen LogP contribution in [0.15, 0.2) is 58.5 Å². The highest BCUT2D eigenvalue weighted by molar-refractivity contribution is 7.46. The lowest BCUT2D eigenvalue weighted by Gasteiger charge is -2.11. The predicted molar refractivity (Wildman–Crippen MR) is 125 cm³/mol. The second-order valence-electron chi connectivity index (χ2n) is 6.49. The Bertz CT molecular complexity index is 968. The third-order valence-electron chi connectivity index (χ3n) is 3.86. The molecule has 2 aromatic rings. The molecule has 0 spiro atoms. The summed E-state index contributed by atoms with van der Waals surface area (Å²) in [6.07, 6.45) is 3.06. The maximum absolute atomic E-state index is 10.7. The smallest absolute Gasteiger partial charge is 0.469 e. The van der Waals surface area contributed by atoms with E-state index in [0.717, 1.165) is 0 Å². The number of nitrogens with zero attached hydrogens (tertiary/aromatic N) is 2. The van der Waals surface area contributed by atoms with Crippen molar-refractivity contribution >= 4 is 28.1 Å². The maximum atomic E-state index is 10.7. The molecule has 0 aromatic heterocycles. The van der Waals surface area contributed by atoms with Gasteiger partial charge in [0.25, 0.3) is 0 Å². The lowest BCUT2D eigenvalue weighted by molar-refractivity contribution is 0.200. The molecule has 186 valence electrons. The second kappa shape index (κ2) is 14.1. The quantitative estimate of drug-likeness (QED) is 0.156. The van der Waals surface area contributed by atoms with Crippen molar-refractivity contribution in [1.82, 2.24) is 0 Å². The number of para-hydroxylation sites is 2. The minimum absolute atomic E-state index is 0.0757. The van der Waals surface area contributed by atoms with Gasteiger partial charge in [0.15, 0.2) is 0 Å². The van der Waals surface area contributed by atoms with E-state index in [4.69, 9.17) is 29.0 Å². The molecule has 12 nitrogen and oxygen atoms in total. The molecule has 2 rings (SSSR count). The van der Waals surface area contributed by atoms with Crippen LogP contribution in [-0.2, 0) is 18.2 Å². The van der Waals surface area contributed by atoms with Crippen LogP contribution in [0.3, 0.4) is 0 Å². The third kappa shape index (κ3) is 12.2. The molecule has 0 amide bonds. The van der Waals surface area contributed by atoms with Gasteiger partial charge in [0, 0.05) is 23.6 Å². The molecule has 0 aliphatic carbocycles. The van der Waals surface area contributed by atoms with Gasteiger partial charge in [-0.3, -0.25) is 19.0 Å². The van der Waals surface area contributed by atoms with E-state index in [1.807, 2.05) is 0 Å². The van der Waals surface area contributed by atoms with E-state index in [9.17, 15) is 9.13 Å². The number of rotatable bonds is 15. The van der Waals surface area contributed by atoms with Crippen molar-refractivity contribution in [1.29, 1.82) is 0 Å². The fourth-order valence-corrected chi connectivity index (χ4v) is 3.13. The lowest BCUT2D eigenvalue weighted by atomic mass is 10.2. The number of phosphoric acid groups is 2. The van der Waals surface area contributed by atoms with Gasteiger partial charge in [-0.25, -0.2) is 9.13 Å². The van der Waals surface area contributed by atoms with Crippen molar-refractivity contribution in [3.63, 3.8) is 0 Å². The van der Waals surface area contributed by atoms with Gasteiger partial charge >= 0.3 is 15.6 Å². The van der Waals surface area contributed by atoms with Gasteiger partial charge in [-0.15, -0.1) is 0 Å². The van der Waals surface area contributed by atoms with E-state index in [1.54, 1.807) is 48.5 Å². The topological polar surface area (TPSA) is 177 Å². The average Bonchev–Trinajstić information content (AvgIpc) is 2.76. The summed E-state index contributed by atoms with van der Waals surface area (Å²) in [5.74, 6) is 1.12. The Balaban J connectivity index is 1.82. The molecule has 0 bridgehead atoms. The van der Waals surface area contributed by atoms with Gasteiger partial charge in [-0.2, -0.15) is 0 Å². The highest BCUT2D eigenvalue weighted by atomic mass is 31.2. The molecular formula is C20H26N2O10P2. The highest BCUT2D eigenvalue weighted by Crippen LogP contribution is 2.35. The number of ether oxygens (including phenoxy) is 2. The molecule has 0 radical (unpaired) electrons. The van der Waals surface area contributed by atoms with Crippen molar-refractivity contribution in [3.8, 4) is 11.5 Å². The van der Waals surface area contributed by atoms with Crippen LogP contribution >= 0.6 is 15.6 Å². The first-order valence-electron chi connectivity index (χ1n) is 9.97. The summed E-state index contributed by atoms with van der Waals surface area (Å²) in [7, 11) is -9.01. The average molecular weight is 516 g/mol. The summed E-state index contributed by atoms with van der Waals surface area (Å²) in [5.41, 5.74) is 1.37. The second-order valence-corrected chi connectivity index (χ2v) is 8.97. The predicted octanol–water partition coefficient (Wildman–Crippen LogP) is 2.20. The molecule has 0 saturated carbocycles. The van der Waals surface area contributed by atoms with E-state index >= 15 is 0 Å². The first-order chi connectivity index (χ1) is 16.1. The Kier molecular flexibility index (Phi) is 11.5. The Hall–Kier alpha value is -2.40. The van der Waals surface area contributed by atoms with Crippen LogP contribution in [0.1, 0.15) is 11.1 Å². The van der Waals surface area contributed by atoms with Crippen molar-refractivity contribution in [2.24, 2.45) is 9.98 Å². The third-order valence-corrected chi connectivity index (χ3v) is 4.89. The number of benzene rings is 2. The van der Waals surface area contributed by atoms with Crippen molar-refractivity contribution < 1.29 is 47.2 Å². The molecule has 14 heteroatoms. The van der Waals surface area contributed by atoms with Crippen LogP contribution in [0.5, 0.6) is 11.5 Å². The van der Waals surface area contributed by atoms with Gasteiger partial charge in [0.05, 0.1) is 26.3 Å². The SMILES string of the molecule is O=P(O)(O)OCCN=Cc1ccccc1OCCOc1ccccc1C=NCCOP(=O)(O)O. The highest BCUT2D eigenvalue weighted by Gasteiger charge is 2.13. The first kappa shape index (κ1) is 27.8. The molecule has 0 heterocycles. The van der Waals surface area contributed by atoms with E-state index in [0.29, 0.717) is 22.6 Å². The zero-order valence-corrected chi connectivity index (χ0v) is 19.8. The van der Waals surface area contributed by atoms with E-state index in [-0.39, 0.29) is 39.5 Å². The van der Waals surface area contributed by atoms with Crippen molar-refractivity contribution in [2.75, 3.05) is 39.5 Å². The monoisotopic (exact) mass is 516 g/mol. The summed E-state index contributed by atoms with van der Waals surface area (Å²) in [6.45, 7) is 0.189. The molecule has 0 aliphatic rings. The Morgan fingerprint density at radius 2 is 1.03 bits per heavy atom. The van der Waals surface area contributed by atoms with Gasteiger partial charge in [-0.1, -0.05) is 24.3 Å². The summed E-state index contributed by atoms with van der Waals surface area (Å²) < 4.78 is 41.5. The van der Waals surface area contributed by atoms with Gasteiger partial charge < -0.3 is 29.0 Å². The summed E-state index contributed by atoms with van der Waals surface area (Å²) in [6, 6.07) is 14.3. The van der Waals surface area contributed by atoms with Crippen LogP contribution < -0.4 is 9.47 Å². The van der Waals surface area contributed by atoms with Crippen molar-refractivity contribution in [2.45, 2.75) is 0 Å². The normalized spacial score (nSPS) is 12.5. The first-order valence-corrected chi connectivity index (χ1v) is 13.0. The van der Waals surface area contributed by atoms with Crippen LogP contribution in [0.25, 0.3) is 0 Å². The Morgan fingerprint density at radius 1 is 0.647 bits per heavy atom. The minimum atomic E-state index is -4.51. The summed E-state index contributed by atoms with van der Waals surface area (Å²) >= 11 is 0. The number of phosphoric ester groups is 2. The van der Waals surface area contributed by atoms with Crippen LogP contribution in [0, 0.1) is 0 Å². The van der Waals surface area contributed by atoms with E-state index < -0.39 is 15.6 Å². The largest absolute Gasteiger partial charge is 0.489 e. The molecule has 0 aliphatic heterocycles. The number of aliphatic imine (C=N–C) groups is 2. The van der Waals surface area contributed by atoms with Crippen LogP contribution in [0.2, 0.25) is 0 Å². The van der Waals surface area contributed by atoms with Gasteiger partial charge in [0.2, 0.25) is 0 Å². The lowest BCUT2D eigenvalue weighted by Crippen LogP contribution is -2.11. The zero-order chi connectivity index (χ0) is 24.9. The van der Waals surface area contributed by atoms with E-state index in [1.165, 1.54) is 12.4 Å². The Morgan fingerprint density at radius 3 is 1.41 bits per heavy atom. The zero-order valence-electron chi connectivity index (χ0n) is 18.0. The Labute approximate surface area is 196 Å². The van der Waals surface area contributed by atoms with Gasteiger partial charge in [-0.05, 0) is 24.3 Å². The summed E-state index contributed by atoms with van der Waals surface area (Å²) in [4.78, 5) is 42.8. The molecule has 4 N–H and O–H groups in total. The van der Waals surface area contributed by atoms with Gasteiger partial charge in [0.1, 0.15) is 24.7 Å². The molecule has 0 atom stereocenters. The van der Waals surface area contributed by atoms with Crippen LogP contribution in [0.4, 0.5) is 0 Å².